The molecule has 1 aromatic heterocycles. The number of rotatable bonds is 2. The molecule has 3 nitrogen and oxygen atoms in total. The predicted molar refractivity (Wildman–Crippen MR) is 44.3 cm³/mol. The Morgan fingerprint density at radius 1 is 1.67 bits per heavy atom. The smallest absolute Gasteiger partial charge is 0.0983 e. The van der Waals surface area contributed by atoms with Gasteiger partial charge in [-0.3, -0.25) is 4.98 Å². The predicted octanol–water partition coefficient (Wildman–Crippen LogP) is 1.59. The number of nitrogens with zero attached hydrogens (tertiary/aromatic N) is 2. The molecule has 3 heteroatoms. The highest BCUT2D eigenvalue weighted by Gasteiger charge is 1.97. The van der Waals surface area contributed by atoms with Crippen molar-refractivity contribution < 1.29 is 5.11 Å². The lowest BCUT2D eigenvalue weighted by Crippen LogP contribution is -1.90. The van der Waals surface area contributed by atoms with Gasteiger partial charge in [-0.25, -0.2) is 0 Å². The first kappa shape index (κ1) is 8.28. The maximum atomic E-state index is 8.58. The first-order valence-electron chi connectivity index (χ1n) is 3.50. The number of aromatic nitrogens is 1. The summed E-state index contributed by atoms with van der Waals surface area (Å²) >= 11 is 0. The fourth-order valence-corrected chi connectivity index (χ4v) is 0.812. The first-order valence-corrected chi connectivity index (χ1v) is 3.50. The summed E-state index contributed by atoms with van der Waals surface area (Å²) in [6.07, 6.45) is 2.85. The van der Waals surface area contributed by atoms with Crippen LogP contribution in [0, 0.1) is 11.3 Å². The highest BCUT2D eigenvalue weighted by atomic mass is 16.2. The molecule has 0 spiro atoms. The van der Waals surface area contributed by atoms with Crippen LogP contribution in [0.3, 0.4) is 0 Å². The van der Waals surface area contributed by atoms with E-state index < -0.39 is 0 Å². The second-order valence-corrected chi connectivity index (χ2v) is 2.26. The highest BCUT2D eigenvalue weighted by molar-refractivity contribution is 5.24. The monoisotopic (exact) mass is 160 g/mol. The molecule has 12 heavy (non-hydrogen) atoms. The van der Waals surface area contributed by atoms with Crippen molar-refractivity contribution in [3.05, 3.63) is 41.9 Å². The number of hydrogen-bond acceptors (Lipinski definition) is 3. The topological polar surface area (TPSA) is 56.9 Å². The molecule has 1 rings (SSSR count). The minimum atomic E-state index is 0.314. The fourth-order valence-electron chi connectivity index (χ4n) is 0.812. The van der Waals surface area contributed by atoms with Crippen molar-refractivity contribution in [2.75, 3.05) is 0 Å². The minimum Gasteiger partial charge on any atom is -0.515 e. The molecule has 0 aliphatic heterocycles. The molecule has 60 valence electrons. The largest absolute Gasteiger partial charge is 0.515 e. The molecular formula is C9H8N2O. The van der Waals surface area contributed by atoms with E-state index in [2.05, 4.69) is 4.98 Å². The normalized spacial score (nSPS) is 10.8. The van der Waals surface area contributed by atoms with Crippen molar-refractivity contribution in [1.82, 2.24) is 4.98 Å². The van der Waals surface area contributed by atoms with E-state index >= 15 is 0 Å². The summed E-state index contributed by atoms with van der Waals surface area (Å²) in [7, 11) is 0. The molecule has 0 unspecified atom stereocenters. The Balaban J connectivity index is 2.72. The summed E-state index contributed by atoms with van der Waals surface area (Å²) in [6.45, 7) is 0. The van der Waals surface area contributed by atoms with Gasteiger partial charge >= 0.3 is 0 Å². The standard InChI is InChI=1S/C9H8N2O/c10-6-8(7-12)5-9-3-1-2-4-11-9/h1-4,7,12H,5H2/b8-7+. The third kappa shape index (κ3) is 2.10. The Labute approximate surface area is 70.6 Å². The summed E-state index contributed by atoms with van der Waals surface area (Å²) in [5.41, 5.74) is 1.09. The maximum absolute atomic E-state index is 8.58. The van der Waals surface area contributed by atoms with Crippen LogP contribution >= 0.6 is 0 Å². The van der Waals surface area contributed by atoms with Crippen LogP contribution in [-0.2, 0) is 6.42 Å². The van der Waals surface area contributed by atoms with Crippen LogP contribution < -0.4 is 0 Å². The second kappa shape index (κ2) is 4.14. The zero-order valence-corrected chi connectivity index (χ0v) is 6.44. The van der Waals surface area contributed by atoms with Crippen molar-refractivity contribution >= 4 is 0 Å². The Morgan fingerprint density at radius 3 is 3.00 bits per heavy atom. The molecule has 0 saturated carbocycles. The van der Waals surface area contributed by atoms with E-state index in [1.807, 2.05) is 12.1 Å². The zero-order valence-electron chi connectivity index (χ0n) is 6.44. The number of pyridine rings is 1. The molecule has 0 fully saturated rings. The van der Waals surface area contributed by atoms with Crippen LogP contribution in [-0.4, -0.2) is 10.1 Å². The van der Waals surface area contributed by atoms with Gasteiger partial charge in [-0.05, 0) is 12.1 Å². The fraction of sp³-hybridized carbons (Fsp3) is 0.111. The van der Waals surface area contributed by atoms with Gasteiger partial charge in [0.05, 0.1) is 17.9 Å². The van der Waals surface area contributed by atoms with Crippen molar-refractivity contribution in [3.8, 4) is 6.07 Å². The summed E-state index contributed by atoms with van der Waals surface area (Å²) in [5, 5.41) is 17.1. The van der Waals surface area contributed by atoms with Crippen molar-refractivity contribution in [2.45, 2.75) is 6.42 Å². The van der Waals surface area contributed by atoms with Crippen molar-refractivity contribution in [1.29, 1.82) is 5.26 Å². The van der Waals surface area contributed by atoms with Gasteiger partial charge in [-0.1, -0.05) is 6.07 Å². The molecule has 0 bridgehead atoms. The molecular weight excluding hydrogens is 152 g/mol. The highest BCUT2D eigenvalue weighted by Crippen LogP contribution is 2.02. The molecule has 1 heterocycles. The Kier molecular flexibility index (Phi) is 2.86. The number of hydrogen-bond donors (Lipinski definition) is 1. The van der Waals surface area contributed by atoms with Crippen LogP contribution in [0.25, 0.3) is 0 Å². The molecule has 0 aliphatic carbocycles. The lowest BCUT2D eigenvalue weighted by atomic mass is 10.1. The number of allylic oxidation sites excluding steroid dienone is 1. The van der Waals surface area contributed by atoms with Crippen molar-refractivity contribution in [2.24, 2.45) is 0 Å². The molecule has 0 aromatic carbocycles. The third-order valence-electron chi connectivity index (χ3n) is 1.40. The van der Waals surface area contributed by atoms with E-state index in [9.17, 15) is 0 Å². The zero-order chi connectivity index (χ0) is 8.81. The van der Waals surface area contributed by atoms with Gasteiger partial charge in [0, 0.05) is 18.3 Å². The van der Waals surface area contributed by atoms with Crippen molar-refractivity contribution in [3.63, 3.8) is 0 Å². The van der Waals surface area contributed by atoms with Gasteiger partial charge in [-0.15, -0.1) is 0 Å². The van der Waals surface area contributed by atoms with Gasteiger partial charge < -0.3 is 5.11 Å². The maximum Gasteiger partial charge on any atom is 0.0983 e. The van der Waals surface area contributed by atoms with E-state index in [1.54, 1.807) is 18.3 Å². The van der Waals surface area contributed by atoms with Crippen LogP contribution in [0.1, 0.15) is 5.69 Å². The van der Waals surface area contributed by atoms with Gasteiger partial charge in [0.25, 0.3) is 0 Å². The van der Waals surface area contributed by atoms with Crippen LogP contribution in [0.4, 0.5) is 0 Å². The number of nitriles is 1. The molecule has 0 saturated heterocycles. The average Bonchev–Trinajstić information content (AvgIpc) is 2.16. The molecule has 0 aliphatic rings. The Bertz CT molecular complexity index is 311. The van der Waals surface area contributed by atoms with E-state index in [4.69, 9.17) is 10.4 Å². The minimum absolute atomic E-state index is 0.314. The van der Waals surface area contributed by atoms with E-state index in [1.165, 1.54) is 0 Å². The average molecular weight is 160 g/mol. The second-order valence-electron chi connectivity index (χ2n) is 2.26. The summed E-state index contributed by atoms with van der Waals surface area (Å²) < 4.78 is 0. The lowest BCUT2D eigenvalue weighted by Gasteiger charge is -1.95. The third-order valence-corrected chi connectivity index (χ3v) is 1.40. The molecule has 0 atom stereocenters. The Morgan fingerprint density at radius 2 is 2.50 bits per heavy atom. The Hall–Kier alpha value is -1.82. The molecule has 1 N–H and O–H groups in total. The van der Waals surface area contributed by atoms with Gasteiger partial charge in [0.1, 0.15) is 0 Å². The number of aliphatic hydroxyl groups excluding tert-OH is 1. The molecule has 0 amide bonds. The first-order chi connectivity index (χ1) is 5.86. The lowest BCUT2D eigenvalue weighted by molar-refractivity contribution is 0.468. The van der Waals surface area contributed by atoms with E-state index in [-0.39, 0.29) is 0 Å². The summed E-state index contributed by atoms with van der Waals surface area (Å²) in [5.74, 6) is 0. The quantitative estimate of drug-likeness (QED) is 0.528. The molecule has 0 radical (unpaired) electrons. The van der Waals surface area contributed by atoms with Crippen LogP contribution in [0.15, 0.2) is 36.2 Å². The van der Waals surface area contributed by atoms with Crippen LogP contribution in [0.5, 0.6) is 0 Å². The van der Waals surface area contributed by atoms with Gasteiger partial charge in [0.15, 0.2) is 0 Å². The SMILES string of the molecule is N#C/C(=C/O)Cc1ccccn1. The van der Waals surface area contributed by atoms with E-state index in [0.29, 0.717) is 12.0 Å². The summed E-state index contributed by atoms with van der Waals surface area (Å²) in [4.78, 5) is 4.01. The molecule has 1 aromatic rings. The number of aliphatic hydroxyl groups is 1. The van der Waals surface area contributed by atoms with Gasteiger partial charge in [-0.2, -0.15) is 5.26 Å². The summed E-state index contributed by atoms with van der Waals surface area (Å²) in [6, 6.07) is 7.32. The van der Waals surface area contributed by atoms with Gasteiger partial charge in [0.2, 0.25) is 0 Å². The van der Waals surface area contributed by atoms with E-state index in [0.717, 1.165) is 12.0 Å². The van der Waals surface area contributed by atoms with Crippen LogP contribution in [0.2, 0.25) is 0 Å².